The van der Waals surface area contributed by atoms with E-state index in [1.165, 1.54) is 0 Å². The molecule has 0 unspecified atom stereocenters. The molecule has 2 aromatic carbocycles. The average molecular weight is 346 g/mol. The van der Waals surface area contributed by atoms with Crippen LogP contribution in [0.5, 0.6) is 11.5 Å². The molecule has 0 aliphatic heterocycles. The Morgan fingerprint density at radius 1 is 1.00 bits per heavy atom. The van der Waals surface area contributed by atoms with Crippen LogP contribution in [0, 0.1) is 0 Å². The largest absolute Gasteiger partial charge is 0.508 e. The number of carbonyl (C=O) groups is 2. The Balaban J connectivity index is 2.21. The van der Waals surface area contributed by atoms with E-state index in [4.69, 9.17) is 14.2 Å². The lowest BCUT2D eigenvalue weighted by Crippen LogP contribution is -2.14. The number of hydrogen-bond acceptors (Lipinski definition) is 6. The molecular weight excluding hydrogens is 324 g/mol. The lowest BCUT2D eigenvalue weighted by Gasteiger charge is -2.11. The minimum absolute atomic E-state index is 0.111. The number of aromatic hydroxyl groups is 1. The first-order valence-corrected chi connectivity index (χ1v) is 8.23. The van der Waals surface area contributed by atoms with Gasteiger partial charge in [-0.1, -0.05) is 12.1 Å². The van der Waals surface area contributed by atoms with Crippen molar-refractivity contribution in [2.45, 2.75) is 26.7 Å². The van der Waals surface area contributed by atoms with Crippen molar-refractivity contribution in [3.05, 3.63) is 35.9 Å². The van der Waals surface area contributed by atoms with Crippen LogP contribution in [0.25, 0.3) is 10.8 Å². The zero-order chi connectivity index (χ0) is 18.2. The van der Waals surface area contributed by atoms with E-state index >= 15 is 0 Å². The predicted octanol–water partition coefficient (Wildman–Crippen LogP) is 2.98. The van der Waals surface area contributed by atoms with Gasteiger partial charge in [0.2, 0.25) is 0 Å². The first kappa shape index (κ1) is 18.6. The van der Waals surface area contributed by atoms with Gasteiger partial charge in [0.1, 0.15) is 11.5 Å². The molecule has 0 aliphatic rings. The summed E-state index contributed by atoms with van der Waals surface area (Å²) in [6.07, 6.45) is 0.526. The maximum Gasteiger partial charge on any atom is 0.344 e. The Labute approximate surface area is 146 Å². The Morgan fingerprint density at radius 3 is 2.40 bits per heavy atom. The monoisotopic (exact) mass is 346 g/mol. The summed E-state index contributed by atoms with van der Waals surface area (Å²) < 4.78 is 15.2. The molecule has 0 saturated carbocycles. The fourth-order valence-electron chi connectivity index (χ4n) is 2.51. The fourth-order valence-corrected chi connectivity index (χ4v) is 2.51. The molecule has 0 spiro atoms. The first-order chi connectivity index (χ1) is 12.0. The molecule has 0 atom stereocenters. The van der Waals surface area contributed by atoms with Crippen molar-refractivity contribution in [2.75, 3.05) is 19.8 Å². The van der Waals surface area contributed by atoms with E-state index in [-0.39, 0.29) is 24.7 Å². The van der Waals surface area contributed by atoms with Crippen LogP contribution in [-0.2, 0) is 25.5 Å². The predicted molar refractivity (Wildman–Crippen MR) is 92.7 cm³/mol. The van der Waals surface area contributed by atoms with Crippen molar-refractivity contribution in [1.82, 2.24) is 0 Å². The van der Waals surface area contributed by atoms with Crippen molar-refractivity contribution in [3.63, 3.8) is 0 Å². The zero-order valence-corrected chi connectivity index (χ0v) is 14.4. The van der Waals surface area contributed by atoms with Gasteiger partial charge in [0.05, 0.1) is 13.2 Å². The van der Waals surface area contributed by atoms with Gasteiger partial charge < -0.3 is 19.3 Å². The van der Waals surface area contributed by atoms with E-state index in [2.05, 4.69) is 0 Å². The Morgan fingerprint density at radius 2 is 1.68 bits per heavy atom. The number of phenolic OH excluding ortho intramolecular Hbond substituents is 1. The summed E-state index contributed by atoms with van der Waals surface area (Å²) in [7, 11) is 0. The molecule has 0 aromatic heterocycles. The third-order valence-corrected chi connectivity index (χ3v) is 3.63. The van der Waals surface area contributed by atoms with Crippen LogP contribution in [0.1, 0.15) is 25.8 Å². The van der Waals surface area contributed by atoms with E-state index < -0.39 is 5.97 Å². The molecule has 0 fully saturated rings. The molecule has 0 aliphatic carbocycles. The van der Waals surface area contributed by atoms with Crippen molar-refractivity contribution in [2.24, 2.45) is 0 Å². The Kier molecular flexibility index (Phi) is 6.62. The Hall–Kier alpha value is -2.76. The van der Waals surface area contributed by atoms with Crippen LogP contribution in [-0.4, -0.2) is 36.9 Å². The number of aryl methyl sites for hydroxylation is 1. The van der Waals surface area contributed by atoms with Gasteiger partial charge in [-0.3, -0.25) is 4.79 Å². The number of phenols is 1. The Bertz CT molecular complexity index is 753. The highest BCUT2D eigenvalue weighted by molar-refractivity contribution is 5.89. The topological polar surface area (TPSA) is 82.1 Å². The van der Waals surface area contributed by atoms with Crippen LogP contribution < -0.4 is 4.74 Å². The molecule has 2 aromatic rings. The molecule has 134 valence electrons. The van der Waals surface area contributed by atoms with Crippen molar-refractivity contribution in [1.29, 1.82) is 0 Å². The molecule has 1 N–H and O–H groups in total. The molecule has 6 heteroatoms. The van der Waals surface area contributed by atoms with Gasteiger partial charge in [-0.15, -0.1) is 0 Å². The van der Waals surface area contributed by atoms with Gasteiger partial charge >= 0.3 is 11.9 Å². The maximum atomic E-state index is 11.6. The standard InChI is InChI=1S/C19H22O6/c1-3-23-18(21)10-8-15-16-11-14(25-12-19(22)24-4-2)7-5-13(16)6-9-17(15)20/h5-7,9,11,20H,3-4,8,10,12H2,1-2H3. The number of fused-ring (bicyclic) bond motifs is 1. The molecular formula is C19H22O6. The second-order valence-corrected chi connectivity index (χ2v) is 5.34. The quantitative estimate of drug-likeness (QED) is 0.740. The van der Waals surface area contributed by atoms with E-state index in [1.54, 1.807) is 38.1 Å². The maximum absolute atomic E-state index is 11.6. The van der Waals surface area contributed by atoms with Gasteiger partial charge in [-0.05, 0) is 49.2 Å². The van der Waals surface area contributed by atoms with Crippen LogP contribution >= 0.6 is 0 Å². The zero-order valence-electron chi connectivity index (χ0n) is 14.4. The van der Waals surface area contributed by atoms with Gasteiger partial charge in [0.25, 0.3) is 0 Å². The molecule has 0 bridgehead atoms. The normalized spacial score (nSPS) is 10.5. The number of rotatable bonds is 8. The molecule has 2 rings (SSSR count). The van der Waals surface area contributed by atoms with Gasteiger partial charge in [-0.25, -0.2) is 4.79 Å². The lowest BCUT2D eigenvalue weighted by atomic mass is 9.99. The molecule has 0 heterocycles. The summed E-state index contributed by atoms with van der Waals surface area (Å²) in [5.41, 5.74) is 0.645. The van der Waals surface area contributed by atoms with Crippen LogP contribution in [0.3, 0.4) is 0 Å². The minimum Gasteiger partial charge on any atom is -0.508 e. The summed E-state index contributed by atoms with van der Waals surface area (Å²) in [6, 6.07) is 8.71. The van der Waals surface area contributed by atoms with E-state index in [1.807, 2.05) is 6.07 Å². The molecule has 6 nitrogen and oxygen atoms in total. The second-order valence-electron chi connectivity index (χ2n) is 5.34. The second kappa shape index (κ2) is 8.92. The number of benzene rings is 2. The highest BCUT2D eigenvalue weighted by Gasteiger charge is 2.12. The number of ether oxygens (including phenoxy) is 3. The number of esters is 2. The third-order valence-electron chi connectivity index (χ3n) is 3.63. The number of carbonyl (C=O) groups excluding carboxylic acids is 2. The van der Waals surface area contributed by atoms with Crippen molar-refractivity contribution < 1.29 is 28.9 Å². The third kappa shape index (κ3) is 5.11. The van der Waals surface area contributed by atoms with Gasteiger partial charge in [0, 0.05) is 12.0 Å². The van der Waals surface area contributed by atoms with E-state index in [0.29, 0.717) is 30.9 Å². The fraction of sp³-hybridized carbons (Fsp3) is 0.368. The van der Waals surface area contributed by atoms with Gasteiger partial charge in [-0.2, -0.15) is 0 Å². The highest BCUT2D eigenvalue weighted by Crippen LogP contribution is 2.31. The van der Waals surface area contributed by atoms with E-state index in [9.17, 15) is 14.7 Å². The summed E-state index contributed by atoms with van der Waals surface area (Å²) in [5, 5.41) is 11.8. The summed E-state index contributed by atoms with van der Waals surface area (Å²) >= 11 is 0. The van der Waals surface area contributed by atoms with Crippen molar-refractivity contribution in [3.8, 4) is 11.5 Å². The van der Waals surface area contributed by atoms with E-state index in [0.717, 1.165) is 10.8 Å². The van der Waals surface area contributed by atoms with Gasteiger partial charge in [0.15, 0.2) is 6.61 Å². The van der Waals surface area contributed by atoms with Crippen LogP contribution in [0.15, 0.2) is 30.3 Å². The molecule has 0 radical (unpaired) electrons. The molecule has 25 heavy (non-hydrogen) atoms. The summed E-state index contributed by atoms with van der Waals surface area (Å²) in [6.45, 7) is 3.92. The summed E-state index contributed by atoms with van der Waals surface area (Å²) in [5.74, 6) is -0.155. The minimum atomic E-state index is -0.443. The molecule has 0 amide bonds. The smallest absolute Gasteiger partial charge is 0.344 e. The highest BCUT2D eigenvalue weighted by atomic mass is 16.6. The SMILES string of the molecule is CCOC(=O)CCc1c(O)ccc2ccc(OCC(=O)OCC)cc12. The summed E-state index contributed by atoms with van der Waals surface area (Å²) in [4.78, 5) is 23.0. The molecule has 0 saturated heterocycles. The lowest BCUT2D eigenvalue weighted by molar-refractivity contribution is -0.145. The first-order valence-electron chi connectivity index (χ1n) is 8.23. The van der Waals surface area contributed by atoms with Crippen LogP contribution in [0.2, 0.25) is 0 Å². The number of hydrogen-bond donors (Lipinski definition) is 1. The van der Waals surface area contributed by atoms with Crippen molar-refractivity contribution >= 4 is 22.7 Å². The average Bonchev–Trinajstić information content (AvgIpc) is 2.59. The van der Waals surface area contributed by atoms with Crippen LogP contribution in [0.4, 0.5) is 0 Å².